The molecule has 0 unspecified atom stereocenters. The summed E-state index contributed by atoms with van der Waals surface area (Å²) in [5, 5.41) is 0.841. The first-order valence-corrected chi connectivity index (χ1v) is 8.00. The molecule has 1 saturated heterocycles. The molecule has 0 aromatic carbocycles. The summed E-state index contributed by atoms with van der Waals surface area (Å²) >= 11 is 3.61. The summed E-state index contributed by atoms with van der Waals surface area (Å²) in [5.41, 5.74) is 2.77. The van der Waals surface area contributed by atoms with Crippen LogP contribution in [0.3, 0.4) is 0 Å². The van der Waals surface area contributed by atoms with Gasteiger partial charge < -0.3 is 9.30 Å². The van der Waals surface area contributed by atoms with E-state index in [-0.39, 0.29) is 0 Å². The molecule has 0 N–H and O–H groups in total. The van der Waals surface area contributed by atoms with E-state index in [9.17, 15) is 0 Å². The van der Waals surface area contributed by atoms with Gasteiger partial charge in [-0.25, -0.2) is 4.98 Å². The van der Waals surface area contributed by atoms with Crippen LogP contribution >= 0.6 is 15.9 Å². The van der Waals surface area contributed by atoms with Gasteiger partial charge in [-0.15, -0.1) is 0 Å². The highest BCUT2D eigenvalue weighted by molar-refractivity contribution is 9.08. The Labute approximate surface area is 122 Å². The van der Waals surface area contributed by atoms with E-state index in [1.54, 1.807) is 0 Å². The van der Waals surface area contributed by atoms with Gasteiger partial charge in [0.25, 0.3) is 0 Å². The number of fused-ring (bicyclic) bond motifs is 1. The number of rotatable bonds is 2. The van der Waals surface area contributed by atoms with E-state index in [2.05, 4.69) is 57.4 Å². The average molecular weight is 322 g/mol. The fourth-order valence-corrected chi connectivity index (χ4v) is 3.26. The Hall–Kier alpha value is -1.03. The molecule has 102 valence electrons. The molecule has 2 aromatic heterocycles. The van der Waals surface area contributed by atoms with Crippen molar-refractivity contribution in [3.63, 3.8) is 0 Å². The number of hydrogen-bond donors (Lipinski definition) is 0. The first kappa shape index (κ1) is 13.0. The van der Waals surface area contributed by atoms with Crippen LogP contribution in [0.5, 0.6) is 0 Å². The Morgan fingerprint density at radius 1 is 1.26 bits per heavy atom. The smallest absolute Gasteiger partial charge is 0.152 e. The molecule has 3 nitrogen and oxygen atoms in total. The van der Waals surface area contributed by atoms with Crippen LogP contribution < -0.4 is 4.90 Å². The number of nitrogens with zero attached hydrogens (tertiary/aromatic N) is 3. The SMILES string of the molecule is CC1(C)CCN(c2nc3ccccn3c2CBr)CC1. The van der Waals surface area contributed by atoms with Crippen molar-refractivity contribution in [3.8, 4) is 0 Å². The summed E-state index contributed by atoms with van der Waals surface area (Å²) in [6.07, 6.45) is 4.57. The standard InChI is InChI=1S/C15H20BrN3/c1-15(2)6-9-18(10-7-15)14-12(11-16)19-8-4-3-5-13(19)17-14/h3-5,8H,6-7,9-11H2,1-2H3. The van der Waals surface area contributed by atoms with Gasteiger partial charge in [-0.2, -0.15) is 0 Å². The van der Waals surface area contributed by atoms with Crippen molar-refractivity contribution in [1.29, 1.82) is 0 Å². The molecule has 1 fully saturated rings. The van der Waals surface area contributed by atoms with Gasteiger partial charge in [0.05, 0.1) is 5.69 Å². The topological polar surface area (TPSA) is 20.5 Å². The van der Waals surface area contributed by atoms with Gasteiger partial charge in [-0.05, 0) is 30.4 Å². The van der Waals surface area contributed by atoms with E-state index in [1.165, 1.54) is 18.5 Å². The zero-order valence-electron chi connectivity index (χ0n) is 11.6. The summed E-state index contributed by atoms with van der Waals surface area (Å²) in [4.78, 5) is 7.25. The minimum absolute atomic E-state index is 0.476. The maximum absolute atomic E-state index is 4.81. The highest BCUT2D eigenvalue weighted by atomic mass is 79.9. The summed E-state index contributed by atoms with van der Waals surface area (Å²) in [6, 6.07) is 6.18. The lowest BCUT2D eigenvalue weighted by Crippen LogP contribution is -2.37. The third kappa shape index (κ3) is 2.38. The van der Waals surface area contributed by atoms with Gasteiger partial charge in [0.1, 0.15) is 5.65 Å². The minimum Gasteiger partial charge on any atom is -0.355 e. The third-order valence-electron chi connectivity index (χ3n) is 4.15. The summed E-state index contributed by atoms with van der Waals surface area (Å²) < 4.78 is 2.18. The second-order valence-corrected chi connectivity index (χ2v) is 6.66. The molecule has 0 radical (unpaired) electrons. The van der Waals surface area contributed by atoms with E-state index in [0.29, 0.717) is 5.41 Å². The molecule has 3 heterocycles. The van der Waals surface area contributed by atoms with Crippen molar-refractivity contribution in [2.75, 3.05) is 18.0 Å². The van der Waals surface area contributed by atoms with Crippen LogP contribution in [-0.4, -0.2) is 22.5 Å². The van der Waals surface area contributed by atoms with Crippen LogP contribution in [0.15, 0.2) is 24.4 Å². The molecule has 0 spiro atoms. The molecular formula is C15H20BrN3. The molecule has 0 atom stereocenters. The van der Waals surface area contributed by atoms with Crippen LogP contribution in [0.25, 0.3) is 5.65 Å². The van der Waals surface area contributed by atoms with Gasteiger partial charge in [-0.3, -0.25) is 0 Å². The number of piperidine rings is 1. The van der Waals surface area contributed by atoms with Crippen molar-refractivity contribution >= 4 is 27.4 Å². The number of hydrogen-bond acceptors (Lipinski definition) is 2. The number of alkyl halides is 1. The molecule has 0 aliphatic carbocycles. The summed E-state index contributed by atoms with van der Waals surface area (Å²) in [7, 11) is 0. The largest absolute Gasteiger partial charge is 0.355 e. The number of pyridine rings is 1. The molecule has 1 aliphatic rings. The Morgan fingerprint density at radius 2 is 2.00 bits per heavy atom. The van der Waals surface area contributed by atoms with Crippen LogP contribution in [0.2, 0.25) is 0 Å². The lowest BCUT2D eigenvalue weighted by atomic mass is 9.83. The number of aromatic nitrogens is 2. The van der Waals surface area contributed by atoms with Crippen LogP contribution in [0.1, 0.15) is 32.4 Å². The fourth-order valence-electron chi connectivity index (χ4n) is 2.74. The van der Waals surface area contributed by atoms with E-state index in [1.807, 2.05) is 6.07 Å². The van der Waals surface area contributed by atoms with Crippen LogP contribution in [0, 0.1) is 5.41 Å². The van der Waals surface area contributed by atoms with Crippen molar-refractivity contribution in [1.82, 2.24) is 9.38 Å². The molecule has 4 heteroatoms. The van der Waals surface area contributed by atoms with E-state index in [0.717, 1.165) is 29.9 Å². The second kappa shape index (κ2) is 4.82. The zero-order chi connectivity index (χ0) is 13.5. The van der Waals surface area contributed by atoms with Gasteiger partial charge in [0.15, 0.2) is 5.82 Å². The molecular weight excluding hydrogens is 302 g/mol. The Kier molecular flexibility index (Phi) is 3.29. The highest BCUT2D eigenvalue weighted by Gasteiger charge is 2.28. The summed E-state index contributed by atoms with van der Waals surface area (Å²) in [6.45, 7) is 6.94. The van der Waals surface area contributed by atoms with Crippen LogP contribution in [0.4, 0.5) is 5.82 Å². The van der Waals surface area contributed by atoms with E-state index >= 15 is 0 Å². The van der Waals surface area contributed by atoms with Gasteiger partial charge >= 0.3 is 0 Å². The number of halogens is 1. The van der Waals surface area contributed by atoms with Crippen molar-refractivity contribution < 1.29 is 0 Å². The molecule has 1 aliphatic heterocycles. The quantitative estimate of drug-likeness (QED) is 0.783. The predicted octanol–water partition coefficient (Wildman–Crippen LogP) is 3.86. The lowest BCUT2D eigenvalue weighted by Gasteiger charge is -2.37. The van der Waals surface area contributed by atoms with E-state index in [4.69, 9.17) is 4.98 Å². The van der Waals surface area contributed by atoms with Gasteiger partial charge in [0, 0.05) is 24.6 Å². The highest BCUT2D eigenvalue weighted by Crippen LogP contribution is 2.33. The second-order valence-electron chi connectivity index (χ2n) is 6.10. The van der Waals surface area contributed by atoms with E-state index < -0.39 is 0 Å². The molecule has 0 amide bonds. The molecule has 0 bridgehead atoms. The molecule has 19 heavy (non-hydrogen) atoms. The average Bonchev–Trinajstić information content (AvgIpc) is 2.77. The van der Waals surface area contributed by atoms with Crippen LogP contribution in [-0.2, 0) is 5.33 Å². The predicted molar refractivity (Wildman–Crippen MR) is 83.1 cm³/mol. The third-order valence-corrected chi connectivity index (χ3v) is 4.68. The monoisotopic (exact) mass is 321 g/mol. The maximum Gasteiger partial charge on any atom is 0.152 e. The normalized spacial score (nSPS) is 19.0. The minimum atomic E-state index is 0.476. The molecule has 0 saturated carbocycles. The Balaban J connectivity index is 1.97. The van der Waals surface area contributed by atoms with Crippen molar-refractivity contribution in [3.05, 3.63) is 30.1 Å². The van der Waals surface area contributed by atoms with Gasteiger partial charge in [-0.1, -0.05) is 35.8 Å². The van der Waals surface area contributed by atoms with Crippen molar-refractivity contribution in [2.24, 2.45) is 5.41 Å². The number of anilines is 1. The first-order chi connectivity index (χ1) is 9.11. The number of imidazole rings is 1. The maximum atomic E-state index is 4.81. The summed E-state index contributed by atoms with van der Waals surface area (Å²) in [5.74, 6) is 1.15. The van der Waals surface area contributed by atoms with Gasteiger partial charge in [0.2, 0.25) is 0 Å². The fraction of sp³-hybridized carbons (Fsp3) is 0.533. The molecule has 2 aromatic rings. The lowest BCUT2D eigenvalue weighted by molar-refractivity contribution is 0.279. The Bertz CT molecular complexity index is 578. The Morgan fingerprint density at radius 3 is 2.68 bits per heavy atom. The molecule has 3 rings (SSSR count). The zero-order valence-corrected chi connectivity index (χ0v) is 13.2. The van der Waals surface area contributed by atoms with Crippen molar-refractivity contribution in [2.45, 2.75) is 32.0 Å². The first-order valence-electron chi connectivity index (χ1n) is 6.88.